The second-order valence-corrected chi connectivity index (χ2v) is 6.62. The van der Waals surface area contributed by atoms with Crippen LogP contribution in [0.25, 0.3) is 0 Å². The average molecular weight is 370 g/mol. The van der Waals surface area contributed by atoms with Crippen molar-refractivity contribution in [2.75, 3.05) is 24.7 Å². The molecule has 0 bridgehead atoms. The van der Waals surface area contributed by atoms with E-state index in [-0.39, 0.29) is 12.5 Å². The van der Waals surface area contributed by atoms with Gasteiger partial charge in [-0.3, -0.25) is 9.69 Å². The first-order chi connectivity index (χ1) is 11.8. The van der Waals surface area contributed by atoms with E-state index in [4.69, 9.17) is 25.8 Å². The van der Waals surface area contributed by atoms with Crippen molar-refractivity contribution in [3.63, 3.8) is 0 Å². The molecule has 7 heteroatoms. The number of ether oxygens (including phenoxy) is 3. The van der Waals surface area contributed by atoms with E-state index in [9.17, 15) is 9.59 Å². The Hall–Kier alpha value is -1.79. The van der Waals surface area contributed by atoms with Crippen LogP contribution in [0.2, 0.25) is 5.02 Å². The normalized spacial score (nSPS) is 16.8. The lowest BCUT2D eigenvalue weighted by molar-refractivity contribution is -0.149. The van der Waals surface area contributed by atoms with Gasteiger partial charge in [0.2, 0.25) is 0 Å². The number of nitrogens with zero attached hydrogens (tertiary/aromatic N) is 1. The maximum absolute atomic E-state index is 12.9. The molecule has 0 aliphatic carbocycles. The second kappa shape index (κ2) is 8.06. The lowest BCUT2D eigenvalue weighted by atomic mass is 10.0. The van der Waals surface area contributed by atoms with Crippen molar-refractivity contribution in [3.8, 4) is 5.75 Å². The minimum atomic E-state index is -1.08. The molecule has 0 saturated carbocycles. The van der Waals surface area contributed by atoms with Gasteiger partial charge in [0.05, 0.1) is 12.3 Å². The van der Waals surface area contributed by atoms with Crippen LogP contribution in [0.5, 0.6) is 5.75 Å². The Labute approximate surface area is 153 Å². The molecular weight excluding hydrogens is 346 g/mol. The van der Waals surface area contributed by atoms with Gasteiger partial charge in [-0.25, -0.2) is 4.79 Å². The van der Waals surface area contributed by atoms with E-state index in [1.165, 1.54) is 4.90 Å². The van der Waals surface area contributed by atoms with Crippen LogP contribution in [0.1, 0.15) is 34.1 Å². The molecule has 1 aromatic rings. The van der Waals surface area contributed by atoms with E-state index in [0.717, 1.165) is 0 Å². The first-order valence-corrected chi connectivity index (χ1v) is 8.76. The van der Waals surface area contributed by atoms with Crippen LogP contribution in [0.3, 0.4) is 0 Å². The van der Waals surface area contributed by atoms with Gasteiger partial charge >= 0.3 is 5.97 Å². The van der Waals surface area contributed by atoms with Crippen LogP contribution >= 0.6 is 11.6 Å². The first kappa shape index (κ1) is 19.5. The minimum absolute atomic E-state index is 0.146. The van der Waals surface area contributed by atoms with Gasteiger partial charge in [-0.2, -0.15) is 0 Å². The maximum Gasteiger partial charge on any atom is 0.329 e. The summed E-state index contributed by atoms with van der Waals surface area (Å²) in [5.74, 6) is -0.274. The van der Waals surface area contributed by atoms with Crippen molar-refractivity contribution < 1.29 is 23.8 Å². The molecule has 0 aromatic heterocycles. The number of halogens is 1. The third-order valence-corrected chi connectivity index (χ3v) is 4.16. The SMILES string of the molecule is CCOCCOC(=O)C(CC)N1C(=O)C(C)(C)Oc2ccc(Cl)cc21. The molecule has 1 aromatic carbocycles. The molecular formula is C18H24ClNO5. The van der Waals surface area contributed by atoms with Crippen molar-refractivity contribution >= 4 is 29.2 Å². The van der Waals surface area contributed by atoms with Crippen molar-refractivity contribution in [1.29, 1.82) is 0 Å². The monoisotopic (exact) mass is 369 g/mol. The van der Waals surface area contributed by atoms with Gasteiger partial charge < -0.3 is 14.2 Å². The lowest BCUT2D eigenvalue weighted by Gasteiger charge is -2.41. The maximum atomic E-state index is 12.9. The fourth-order valence-electron chi connectivity index (χ4n) is 2.69. The standard InChI is InChI=1S/C18H24ClNO5/c1-5-13(16(21)24-10-9-23-6-2)20-14-11-12(19)7-8-15(14)25-18(3,4)17(20)22/h7-8,11,13H,5-6,9-10H2,1-4H3. The van der Waals surface area contributed by atoms with E-state index in [1.54, 1.807) is 32.0 Å². The molecule has 1 heterocycles. The van der Waals surface area contributed by atoms with Crippen molar-refractivity contribution in [3.05, 3.63) is 23.2 Å². The smallest absolute Gasteiger partial charge is 0.329 e. The molecule has 1 aliphatic rings. The predicted octanol–water partition coefficient (Wildman–Crippen LogP) is 3.20. The second-order valence-electron chi connectivity index (χ2n) is 6.19. The fourth-order valence-corrected chi connectivity index (χ4v) is 2.86. The highest BCUT2D eigenvalue weighted by Crippen LogP contribution is 2.41. The van der Waals surface area contributed by atoms with Gasteiger partial charge in [0, 0.05) is 11.6 Å². The number of benzene rings is 1. The topological polar surface area (TPSA) is 65.1 Å². The first-order valence-electron chi connectivity index (χ1n) is 8.38. The number of carbonyl (C=O) groups is 2. The van der Waals surface area contributed by atoms with Crippen LogP contribution in [-0.4, -0.2) is 43.3 Å². The molecule has 25 heavy (non-hydrogen) atoms. The van der Waals surface area contributed by atoms with Crippen molar-refractivity contribution in [2.24, 2.45) is 0 Å². The van der Waals surface area contributed by atoms with Gasteiger partial charge in [0.1, 0.15) is 18.4 Å². The van der Waals surface area contributed by atoms with E-state index in [1.807, 2.05) is 13.8 Å². The number of rotatable bonds is 7. The van der Waals surface area contributed by atoms with Crippen LogP contribution in [0.4, 0.5) is 5.69 Å². The van der Waals surface area contributed by atoms with Gasteiger partial charge in [0.25, 0.3) is 5.91 Å². The quantitative estimate of drug-likeness (QED) is 0.545. The lowest BCUT2D eigenvalue weighted by Crippen LogP contribution is -2.58. The number of esters is 1. The van der Waals surface area contributed by atoms with Gasteiger partial charge in [-0.15, -0.1) is 0 Å². The summed E-state index contributed by atoms with van der Waals surface area (Å²) in [5.41, 5.74) is -0.606. The number of hydrogen-bond acceptors (Lipinski definition) is 5. The summed E-state index contributed by atoms with van der Waals surface area (Å²) < 4.78 is 16.2. The predicted molar refractivity (Wildman–Crippen MR) is 95.2 cm³/mol. The van der Waals surface area contributed by atoms with Crippen LogP contribution in [0.15, 0.2) is 18.2 Å². The van der Waals surface area contributed by atoms with E-state index < -0.39 is 17.6 Å². The molecule has 6 nitrogen and oxygen atoms in total. The molecule has 2 rings (SSSR count). The molecule has 1 unspecified atom stereocenters. The Balaban J connectivity index is 2.31. The van der Waals surface area contributed by atoms with Crippen LogP contribution < -0.4 is 9.64 Å². The number of amides is 1. The third-order valence-electron chi connectivity index (χ3n) is 3.93. The zero-order valence-corrected chi connectivity index (χ0v) is 15.8. The summed E-state index contributed by atoms with van der Waals surface area (Å²) in [4.78, 5) is 26.9. The Morgan fingerprint density at radius 2 is 2.04 bits per heavy atom. The summed E-state index contributed by atoms with van der Waals surface area (Å²) in [6, 6.07) is 4.26. The van der Waals surface area contributed by atoms with Crippen molar-refractivity contribution in [1.82, 2.24) is 0 Å². The van der Waals surface area contributed by atoms with Crippen molar-refractivity contribution in [2.45, 2.75) is 45.8 Å². The zero-order valence-electron chi connectivity index (χ0n) is 15.0. The Kier molecular flexibility index (Phi) is 6.30. The number of hydrogen-bond donors (Lipinski definition) is 0. The summed E-state index contributed by atoms with van der Waals surface area (Å²) in [6.45, 7) is 8.06. The van der Waals surface area contributed by atoms with Crippen LogP contribution in [-0.2, 0) is 19.1 Å². The highest BCUT2D eigenvalue weighted by atomic mass is 35.5. The van der Waals surface area contributed by atoms with Gasteiger partial charge in [0.15, 0.2) is 5.60 Å². The minimum Gasteiger partial charge on any atom is -0.476 e. The highest BCUT2D eigenvalue weighted by Gasteiger charge is 2.45. The molecule has 138 valence electrons. The number of anilines is 1. The summed E-state index contributed by atoms with van der Waals surface area (Å²) in [6.07, 6.45) is 0.404. The highest BCUT2D eigenvalue weighted by molar-refractivity contribution is 6.31. The Morgan fingerprint density at radius 1 is 1.32 bits per heavy atom. The molecule has 0 fully saturated rings. The summed E-state index contributed by atoms with van der Waals surface area (Å²) in [5, 5.41) is 0.458. The Morgan fingerprint density at radius 3 is 2.68 bits per heavy atom. The van der Waals surface area contributed by atoms with E-state index in [0.29, 0.717) is 36.1 Å². The largest absolute Gasteiger partial charge is 0.476 e. The Bertz CT molecular complexity index is 646. The average Bonchev–Trinajstić information content (AvgIpc) is 2.56. The number of fused-ring (bicyclic) bond motifs is 1. The molecule has 1 amide bonds. The summed E-state index contributed by atoms with van der Waals surface area (Å²) in [7, 11) is 0. The molecule has 0 spiro atoms. The van der Waals surface area contributed by atoms with Crippen LogP contribution in [0, 0.1) is 0 Å². The molecule has 0 radical (unpaired) electrons. The van der Waals surface area contributed by atoms with E-state index >= 15 is 0 Å². The number of carbonyl (C=O) groups excluding carboxylic acids is 2. The molecule has 1 atom stereocenters. The summed E-state index contributed by atoms with van der Waals surface area (Å²) >= 11 is 6.08. The van der Waals surface area contributed by atoms with Gasteiger partial charge in [-0.05, 0) is 45.4 Å². The zero-order chi connectivity index (χ0) is 18.6. The molecule has 0 N–H and O–H groups in total. The molecule has 0 saturated heterocycles. The van der Waals surface area contributed by atoms with E-state index in [2.05, 4.69) is 0 Å². The fraction of sp³-hybridized carbons (Fsp3) is 0.556. The van der Waals surface area contributed by atoms with Gasteiger partial charge in [-0.1, -0.05) is 18.5 Å². The molecule has 1 aliphatic heterocycles. The third kappa shape index (κ3) is 4.25.